The van der Waals surface area contributed by atoms with Gasteiger partial charge >= 0.3 is 12.1 Å². The Morgan fingerprint density at radius 1 is 1.15 bits per heavy atom. The number of hydrogen-bond acceptors (Lipinski definition) is 7. The Morgan fingerprint density at radius 2 is 1.85 bits per heavy atom. The fourth-order valence-electron chi connectivity index (χ4n) is 2.78. The Labute approximate surface area is 198 Å². The Morgan fingerprint density at radius 3 is 2.47 bits per heavy atom. The number of nitrogens with one attached hydrogen (secondary N) is 2. The first-order chi connectivity index (χ1) is 16.1. The summed E-state index contributed by atoms with van der Waals surface area (Å²) < 4.78 is 30.4. The fourth-order valence-corrected chi connectivity index (χ4v) is 2.78. The molecule has 0 bridgehead atoms. The van der Waals surface area contributed by atoms with Crippen LogP contribution in [0.4, 0.5) is 9.18 Å². The van der Waals surface area contributed by atoms with Crippen molar-refractivity contribution in [2.24, 2.45) is 0 Å². The zero-order valence-electron chi connectivity index (χ0n) is 19.7. The fraction of sp³-hybridized carbons (Fsp3) is 0.417. The number of carbonyl (C=O) groups is 3. The van der Waals surface area contributed by atoms with Crippen LogP contribution >= 0.6 is 0 Å². The first kappa shape index (κ1) is 26.7. The minimum atomic E-state index is -1.54. The summed E-state index contributed by atoms with van der Waals surface area (Å²) in [6.45, 7) is 7.39. The predicted molar refractivity (Wildman–Crippen MR) is 121 cm³/mol. The zero-order valence-corrected chi connectivity index (χ0v) is 19.7. The molecule has 184 valence electrons. The van der Waals surface area contributed by atoms with E-state index in [0.717, 1.165) is 17.8 Å². The van der Waals surface area contributed by atoms with Crippen molar-refractivity contribution in [3.63, 3.8) is 0 Å². The second-order valence-corrected chi connectivity index (χ2v) is 8.22. The molecule has 2 rings (SSSR count). The van der Waals surface area contributed by atoms with Crippen molar-refractivity contribution in [2.75, 3.05) is 19.8 Å². The van der Waals surface area contributed by atoms with E-state index in [4.69, 9.17) is 14.2 Å². The largest absolute Gasteiger partial charge is 0.464 e. The number of amides is 2. The standard InChI is InChI=1S/C24H30FN3O6/c1-5-33-22(30)20(28-23(31)34-24(2,3)4)19-18(25)13-17(14-27-19)21(29)26-11-12-32-15-16-9-7-6-8-10-16/h6-10,13-14,20H,5,11-12,15H2,1-4H3,(H,26,29)(H,28,31). The van der Waals surface area contributed by atoms with Crippen molar-refractivity contribution < 1.29 is 33.0 Å². The van der Waals surface area contributed by atoms with Gasteiger partial charge in [0.2, 0.25) is 0 Å². The number of ether oxygens (including phenoxy) is 3. The normalized spacial score (nSPS) is 11.9. The molecule has 0 fully saturated rings. The summed E-state index contributed by atoms with van der Waals surface area (Å²) in [6.07, 6.45) is 0.172. The van der Waals surface area contributed by atoms with Crippen LogP contribution in [0.15, 0.2) is 42.6 Å². The van der Waals surface area contributed by atoms with Gasteiger partial charge in [0.1, 0.15) is 17.1 Å². The van der Waals surface area contributed by atoms with Gasteiger partial charge in [-0.05, 0) is 39.3 Å². The molecule has 0 aliphatic carbocycles. The van der Waals surface area contributed by atoms with E-state index < -0.39 is 41.1 Å². The van der Waals surface area contributed by atoms with Gasteiger partial charge in [-0.1, -0.05) is 30.3 Å². The quantitative estimate of drug-likeness (QED) is 0.400. The molecule has 0 aliphatic rings. The summed E-state index contributed by atoms with van der Waals surface area (Å²) in [4.78, 5) is 40.7. The van der Waals surface area contributed by atoms with E-state index in [1.165, 1.54) is 0 Å². The smallest absolute Gasteiger partial charge is 0.408 e. The summed E-state index contributed by atoms with van der Waals surface area (Å²) in [5.74, 6) is -2.43. The number of aromatic nitrogens is 1. The molecule has 9 nitrogen and oxygen atoms in total. The lowest BCUT2D eigenvalue weighted by atomic mass is 10.1. The van der Waals surface area contributed by atoms with Gasteiger partial charge < -0.3 is 24.8 Å². The van der Waals surface area contributed by atoms with E-state index >= 15 is 0 Å². The van der Waals surface area contributed by atoms with Crippen molar-refractivity contribution in [3.05, 3.63) is 65.2 Å². The van der Waals surface area contributed by atoms with Crippen LogP contribution in [0.2, 0.25) is 0 Å². The van der Waals surface area contributed by atoms with Crippen LogP contribution in [0.5, 0.6) is 0 Å². The highest BCUT2D eigenvalue weighted by Crippen LogP contribution is 2.19. The molecule has 0 saturated heterocycles. The SMILES string of the molecule is CCOC(=O)C(NC(=O)OC(C)(C)C)c1ncc(C(=O)NCCOCc2ccccc2)cc1F. The second kappa shape index (κ2) is 12.6. The molecule has 0 radical (unpaired) electrons. The van der Waals surface area contributed by atoms with Crippen LogP contribution in [0, 0.1) is 5.82 Å². The van der Waals surface area contributed by atoms with Crippen LogP contribution in [-0.2, 0) is 25.6 Å². The molecule has 1 unspecified atom stereocenters. The number of carbonyl (C=O) groups excluding carboxylic acids is 3. The summed E-state index contributed by atoms with van der Waals surface area (Å²) in [7, 11) is 0. The summed E-state index contributed by atoms with van der Waals surface area (Å²) >= 11 is 0. The Bertz CT molecular complexity index is 978. The molecular weight excluding hydrogens is 445 g/mol. The topological polar surface area (TPSA) is 116 Å². The lowest BCUT2D eigenvalue weighted by Gasteiger charge is -2.23. The average Bonchev–Trinajstić information content (AvgIpc) is 2.77. The minimum Gasteiger partial charge on any atom is -0.464 e. The van der Waals surface area contributed by atoms with Gasteiger partial charge in [0, 0.05) is 12.7 Å². The van der Waals surface area contributed by atoms with E-state index in [9.17, 15) is 18.8 Å². The van der Waals surface area contributed by atoms with Crippen molar-refractivity contribution in [3.8, 4) is 0 Å². The highest BCUT2D eigenvalue weighted by atomic mass is 19.1. The second-order valence-electron chi connectivity index (χ2n) is 8.22. The third-order valence-corrected chi connectivity index (χ3v) is 4.23. The van der Waals surface area contributed by atoms with Crippen molar-refractivity contribution in [1.82, 2.24) is 15.6 Å². The maximum atomic E-state index is 14.8. The number of alkyl carbamates (subject to hydrolysis) is 1. The van der Waals surface area contributed by atoms with Crippen LogP contribution < -0.4 is 10.6 Å². The van der Waals surface area contributed by atoms with Crippen LogP contribution in [0.3, 0.4) is 0 Å². The lowest BCUT2D eigenvalue weighted by Crippen LogP contribution is -2.39. The van der Waals surface area contributed by atoms with Crippen LogP contribution in [0.1, 0.15) is 55.4 Å². The molecule has 0 saturated carbocycles. The molecule has 10 heteroatoms. The van der Waals surface area contributed by atoms with Gasteiger partial charge in [-0.2, -0.15) is 0 Å². The van der Waals surface area contributed by atoms with Gasteiger partial charge in [-0.15, -0.1) is 0 Å². The van der Waals surface area contributed by atoms with E-state index in [2.05, 4.69) is 15.6 Å². The van der Waals surface area contributed by atoms with E-state index in [0.29, 0.717) is 6.61 Å². The Kier molecular flexibility index (Phi) is 9.93. The Balaban J connectivity index is 1.99. The molecule has 1 aromatic carbocycles. The number of halogens is 1. The molecule has 2 amide bonds. The van der Waals surface area contributed by atoms with Crippen molar-refractivity contribution >= 4 is 18.0 Å². The molecule has 2 N–H and O–H groups in total. The molecule has 1 heterocycles. The number of esters is 1. The van der Waals surface area contributed by atoms with Gasteiger partial charge in [-0.3, -0.25) is 9.78 Å². The molecular formula is C24H30FN3O6. The van der Waals surface area contributed by atoms with Gasteiger partial charge in [0.25, 0.3) is 5.91 Å². The zero-order chi connectivity index (χ0) is 25.1. The number of nitrogens with zero attached hydrogens (tertiary/aromatic N) is 1. The van der Waals surface area contributed by atoms with Crippen LogP contribution in [-0.4, -0.2) is 48.3 Å². The summed E-state index contributed by atoms with van der Waals surface area (Å²) in [5, 5.41) is 4.88. The molecule has 2 aromatic rings. The molecule has 0 spiro atoms. The first-order valence-corrected chi connectivity index (χ1v) is 10.8. The lowest BCUT2D eigenvalue weighted by molar-refractivity contribution is -0.146. The number of rotatable bonds is 10. The maximum absolute atomic E-state index is 14.8. The van der Waals surface area contributed by atoms with Gasteiger partial charge in [0.15, 0.2) is 6.04 Å². The summed E-state index contributed by atoms with van der Waals surface area (Å²) in [5.41, 5.74) is -0.273. The molecule has 1 aromatic heterocycles. The van der Waals surface area contributed by atoms with Gasteiger partial charge in [0.05, 0.1) is 25.4 Å². The minimum absolute atomic E-state index is 0.0137. The first-order valence-electron chi connectivity index (χ1n) is 10.8. The highest BCUT2D eigenvalue weighted by molar-refractivity contribution is 5.94. The highest BCUT2D eigenvalue weighted by Gasteiger charge is 2.31. The molecule has 34 heavy (non-hydrogen) atoms. The third-order valence-electron chi connectivity index (χ3n) is 4.23. The maximum Gasteiger partial charge on any atom is 0.408 e. The van der Waals surface area contributed by atoms with Crippen LogP contribution in [0.25, 0.3) is 0 Å². The van der Waals surface area contributed by atoms with E-state index in [1.807, 2.05) is 30.3 Å². The number of hydrogen-bond donors (Lipinski definition) is 2. The summed E-state index contributed by atoms with van der Waals surface area (Å²) in [6, 6.07) is 8.96. The van der Waals surface area contributed by atoms with E-state index in [-0.39, 0.29) is 25.3 Å². The van der Waals surface area contributed by atoms with Crippen molar-refractivity contribution in [2.45, 2.75) is 45.9 Å². The molecule has 0 aliphatic heterocycles. The van der Waals surface area contributed by atoms with Gasteiger partial charge in [-0.25, -0.2) is 14.0 Å². The average molecular weight is 476 g/mol. The number of benzene rings is 1. The Hall–Kier alpha value is -3.53. The molecule has 1 atom stereocenters. The van der Waals surface area contributed by atoms with Crippen molar-refractivity contribution in [1.29, 1.82) is 0 Å². The predicted octanol–water partition coefficient (Wildman–Crippen LogP) is 3.30. The third kappa shape index (κ3) is 8.78. The monoisotopic (exact) mass is 475 g/mol. The number of pyridine rings is 1. The van der Waals surface area contributed by atoms with E-state index in [1.54, 1.807) is 27.7 Å².